The summed E-state index contributed by atoms with van der Waals surface area (Å²) in [6.45, 7) is 7.93. The van der Waals surface area contributed by atoms with Crippen molar-refractivity contribution in [3.05, 3.63) is 11.6 Å². The fourth-order valence-corrected chi connectivity index (χ4v) is 2.62. The number of nitrogens with one attached hydrogen (secondary N) is 2. The molecule has 0 aliphatic carbocycles. The number of aromatic amines is 1. The molecule has 1 fully saturated rings. The number of aryl methyl sites for hydroxylation is 1. The number of hydrogen-bond acceptors (Lipinski definition) is 4. The van der Waals surface area contributed by atoms with Gasteiger partial charge in [-0.3, -0.25) is 9.89 Å². The molecule has 1 aliphatic heterocycles. The summed E-state index contributed by atoms with van der Waals surface area (Å²) in [4.78, 5) is 18.9. The molecular formula is C14H25N5O. The second-order valence-electron chi connectivity index (χ2n) is 5.39. The van der Waals surface area contributed by atoms with Gasteiger partial charge < -0.3 is 10.2 Å². The molecule has 2 rings (SSSR count). The molecule has 1 aromatic rings. The van der Waals surface area contributed by atoms with Crippen LogP contribution in [0.3, 0.4) is 0 Å². The first kappa shape index (κ1) is 15.0. The molecule has 20 heavy (non-hydrogen) atoms. The highest BCUT2D eigenvalue weighted by Gasteiger charge is 2.31. The Bertz CT molecular complexity index is 445. The van der Waals surface area contributed by atoms with Crippen LogP contribution in [0.15, 0.2) is 0 Å². The summed E-state index contributed by atoms with van der Waals surface area (Å²) < 4.78 is 0. The molecule has 0 saturated carbocycles. The van der Waals surface area contributed by atoms with Crippen molar-refractivity contribution in [2.75, 3.05) is 13.1 Å². The van der Waals surface area contributed by atoms with Gasteiger partial charge in [-0.1, -0.05) is 20.8 Å². The van der Waals surface area contributed by atoms with Crippen LogP contribution in [0.4, 0.5) is 0 Å². The Balaban J connectivity index is 2.11. The molecule has 1 saturated heterocycles. The molecule has 6 heteroatoms. The third kappa shape index (κ3) is 3.17. The van der Waals surface area contributed by atoms with Crippen LogP contribution < -0.4 is 5.32 Å². The Kier molecular flexibility index (Phi) is 5.11. The number of amides is 1. The maximum Gasteiger partial charge on any atom is 0.293 e. The second-order valence-corrected chi connectivity index (χ2v) is 5.39. The van der Waals surface area contributed by atoms with Crippen molar-refractivity contribution in [1.82, 2.24) is 25.4 Å². The molecule has 0 spiro atoms. The van der Waals surface area contributed by atoms with Crippen molar-refractivity contribution >= 4 is 5.91 Å². The summed E-state index contributed by atoms with van der Waals surface area (Å²) in [6, 6.07) is 0.606. The zero-order valence-corrected chi connectivity index (χ0v) is 12.6. The number of nitrogens with zero attached hydrogens (tertiary/aromatic N) is 3. The van der Waals surface area contributed by atoms with Crippen LogP contribution in [0.1, 0.15) is 56.5 Å². The Morgan fingerprint density at radius 1 is 1.35 bits per heavy atom. The first-order chi connectivity index (χ1) is 9.69. The van der Waals surface area contributed by atoms with E-state index in [9.17, 15) is 4.79 Å². The normalized spacial score (nSPS) is 23.1. The zero-order valence-electron chi connectivity index (χ0n) is 12.6. The number of carbonyl (C=O) groups is 1. The van der Waals surface area contributed by atoms with Crippen molar-refractivity contribution < 1.29 is 4.79 Å². The molecule has 2 heterocycles. The minimum atomic E-state index is -0.0459. The average molecular weight is 279 g/mol. The first-order valence-electron chi connectivity index (χ1n) is 7.65. The molecule has 2 atom stereocenters. The van der Waals surface area contributed by atoms with Crippen molar-refractivity contribution in [2.45, 2.75) is 58.5 Å². The Morgan fingerprint density at radius 2 is 2.15 bits per heavy atom. The van der Waals surface area contributed by atoms with Gasteiger partial charge in [0.25, 0.3) is 5.91 Å². The highest BCUT2D eigenvalue weighted by molar-refractivity contribution is 5.90. The van der Waals surface area contributed by atoms with E-state index in [0.29, 0.717) is 11.9 Å². The third-order valence-corrected chi connectivity index (χ3v) is 3.93. The summed E-state index contributed by atoms with van der Waals surface area (Å²) in [7, 11) is 0. The molecule has 0 radical (unpaired) electrons. The van der Waals surface area contributed by atoms with Crippen LogP contribution in [-0.4, -0.2) is 51.2 Å². The largest absolute Gasteiger partial charge is 0.330 e. The third-order valence-electron chi connectivity index (χ3n) is 3.93. The van der Waals surface area contributed by atoms with Gasteiger partial charge in [0, 0.05) is 31.6 Å². The predicted octanol–water partition coefficient (Wildman–Crippen LogP) is 1.36. The lowest BCUT2D eigenvalue weighted by Gasteiger charge is -2.39. The predicted molar refractivity (Wildman–Crippen MR) is 77.6 cm³/mol. The van der Waals surface area contributed by atoms with E-state index in [1.165, 1.54) is 0 Å². The number of piperazine rings is 1. The van der Waals surface area contributed by atoms with Gasteiger partial charge in [-0.15, -0.1) is 5.10 Å². The van der Waals surface area contributed by atoms with E-state index in [1.807, 2.05) is 4.90 Å². The standard InChI is InChI=1S/C14H25N5O/c1-4-7-12-16-13(18-17-12)14(20)19-9-10(5-2)15-8-11(19)6-3/h10-11,15H,4-9H2,1-3H3,(H,16,17,18). The molecule has 6 nitrogen and oxygen atoms in total. The molecular weight excluding hydrogens is 254 g/mol. The molecule has 0 aromatic carbocycles. The van der Waals surface area contributed by atoms with Crippen LogP contribution >= 0.6 is 0 Å². The zero-order chi connectivity index (χ0) is 14.5. The van der Waals surface area contributed by atoms with Gasteiger partial charge in [0.2, 0.25) is 5.82 Å². The van der Waals surface area contributed by atoms with E-state index in [2.05, 4.69) is 41.3 Å². The summed E-state index contributed by atoms with van der Waals surface area (Å²) in [5.74, 6) is 1.06. The average Bonchev–Trinajstić information content (AvgIpc) is 2.94. The summed E-state index contributed by atoms with van der Waals surface area (Å²) in [5, 5.41) is 10.4. The van der Waals surface area contributed by atoms with Crippen LogP contribution in [0.5, 0.6) is 0 Å². The van der Waals surface area contributed by atoms with Gasteiger partial charge >= 0.3 is 0 Å². The van der Waals surface area contributed by atoms with Crippen molar-refractivity contribution in [3.63, 3.8) is 0 Å². The Labute approximate surface area is 120 Å². The van der Waals surface area contributed by atoms with Crippen molar-refractivity contribution in [1.29, 1.82) is 0 Å². The second kappa shape index (κ2) is 6.83. The fraction of sp³-hybridized carbons (Fsp3) is 0.786. The smallest absolute Gasteiger partial charge is 0.293 e. The van der Waals surface area contributed by atoms with E-state index >= 15 is 0 Å². The van der Waals surface area contributed by atoms with E-state index in [-0.39, 0.29) is 11.9 Å². The van der Waals surface area contributed by atoms with Gasteiger partial charge in [-0.25, -0.2) is 4.98 Å². The number of hydrogen-bond donors (Lipinski definition) is 2. The minimum absolute atomic E-state index is 0.0459. The number of rotatable bonds is 5. The first-order valence-corrected chi connectivity index (χ1v) is 7.65. The van der Waals surface area contributed by atoms with Crippen molar-refractivity contribution in [3.8, 4) is 0 Å². The van der Waals surface area contributed by atoms with Gasteiger partial charge in [-0.05, 0) is 19.3 Å². The van der Waals surface area contributed by atoms with E-state index in [1.54, 1.807) is 0 Å². The summed E-state index contributed by atoms with van der Waals surface area (Å²) >= 11 is 0. The summed E-state index contributed by atoms with van der Waals surface area (Å²) in [5.41, 5.74) is 0. The lowest BCUT2D eigenvalue weighted by molar-refractivity contribution is 0.0564. The van der Waals surface area contributed by atoms with Gasteiger partial charge in [-0.2, -0.15) is 0 Å². The van der Waals surface area contributed by atoms with Crippen LogP contribution in [0, 0.1) is 0 Å². The monoisotopic (exact) mass is 279 g/mol. The van der Waals surface area contributed by atoms with E-state index in [4.69, 9.17) is 0 Å². The van der Waals surface area contributed by atoms with Crippen LogP contribution in [0.25, 0.3) is 0 Å². The highest BCUT2D eigenvalue weighted by Crippen LogP contribution is 2.14. The number of H-pyrrole nitrogens is 1. The fourth-order valence-electron chi connectivity index (χ4n) is 2.62. The van der Waals surface area contributed by atoms with Gasteiger partial charge in [0.1, 0.15) is 5.82 Å². The topological polar surface area (TPSA) is 73.9 Å². The lowest BCUT2D eigenvalue weighted by Crippen LogP contribution is -2.58. The Hall–Kier alpha value is -1.43. The summed E-state index contributed by atoms with van der Waals surface area (Å²) in [6.07, 6.45) is 3.79. The molecule has 1 aliphatic rings. The number of carbonyl (C=O) groups excluding carboxylic acids is 1. The maximum atomic E-state index is 12.6. The van der Waals surface area contributed by atoms with Gasteiger partial charge in [0.05, 0.1) is 0 Å². The molecule has 1 amide bonds. The molecule has 0 bridgehead atoms. The van der Waals surface area contributed by atoms with Crippen molar-refractivity contribution in [2.24, 2.45) is 0 Å². The van der Waals surface area contributed by atoms with E-state index < -0.39 is 0 Å². The Morgan fingerprint density at radius 3 is 2.80 bits per heavy atom. The van der Waals surface area contributed by atoms with Crippen LogP contribution in [-0.2, 0) is 6.42 Å². The minimum Gasteiger partial charge on any atom is -0.330 e. The van der Waals surface area contributed by atoms with Gasteiger partial charge in [0.15, 0.2) is 0 Å². The highest BCUT2D eigenvalue weighted by atomic mass is 16.2. The quantitative estimate of drug-likeness (QED) is 0.853. The lowest BCUT2D eigenvalue weighted by atomic mass is 10.1. The maximum absolute atomic E-state index is 12.6. The SMILES string of the molecule is CCCc1nc(C(=O)N2CC(CC)NCC2CC)n[nH]1. The molecule has 112 valence electrons. The number of aromatic nitrogens is 3. The molecule has 1 aromatic heterocycles. The van der Waals surface area contributed by atoms with Crippen LogP contribution in [0.2, 0.25) is 0 Å². The molecule has 2 N–H and O–H groups in total. The molecule has 2 unspecified atom stereocenters. The van der Waals surface area contributed by atoms with E-state index in [0.717, 1.165) is 44.6 Å².